The summed E-state index contributed by atoms with van der Waals surface area (Å²) in [5.74, 6) is 3.45. The zero-order chi connectivity index (χ0) is 13.7. The van der Waals surface area contributed by atoms with E-state index < -0.39 is 0 Å². The highest BCUT2D eigenvalue weighted by molar-refractivity contribution is 5.48. The van der Waals surface area contributed by atoms with Crippen LogP contribution in [0.5, 0.6) is 5.88 Å². The predicted molar refractivity (Wildman–Crippen MR) is 77.8 cm³/mol. The quantitative estimate of drug-likeness (QED) is 0.781. The maximum absolute atomic E-state index is 5.87. The van der Waals surface area contributed by atoms with Crippen LogP contribution >= 0.6 is 0 Å². The van der Waals surface area contributed by atoms with Crippen LogP contribution in [0.2, 0.25) is 0 Å². The van der Waals surface area contributed by atoms with Crippen LogP contribution in [0.15, 0.2) is 0 Å². The smallest absolute Gasteiger partial charge is 0.221 e. The fourth-order valence-electron chi connectivity index (χ4n) is 2.08. The normalized spacial score (nSPS) is 14.5. The van der Waals surface area contributed by atoms with Gasteiger partial charge in [0.1, 0.15) is 11.6 Å². The van der Waals surface area contributed by atoms with E-state index in [0.29, 0.717) is 0 Å². The summed E-state index contributed by atoms with van der Waals surface area (Å²) >= 11 is 0. The lowest BCUT2D eigenvalue weighted by atomic mass is 10.2. The Morgan fingerprint density at radius 2 is 2.05 bits per heavy atom. The Morgan fingerprint density at radius 1 is 1.26 bits per heavy atom. The molecular weight excluding hydrogens is 238 g/mol. The van der Waals surface area contributed by atoms with Gasteiger partial charge in [-0.2, -0.15) is 4.98 Å². The molecule has 0 saturated heterocycles. The van der Waals surface area contributed by atoms with Crippen LogP contribution in [-0.2, 0) is 6.42 Å². The van der Waals surface area contributed by atoms with Crippen LogP contribution in [0.3, 0.4) is 0 Å². The number of aryl methyl sites for hydroxylation is 1. The van der Waals surface area contributed by atoms with E-state index in [9.17, 15) is 0 Å². The molecular formula is C15H25N3O. The molecule has 1 heterocycles. The largest absolute Gasteiger partial charge is 0.477 e. The van der Waals surface area contributed by atoms with Crippen molar-refractivity contribution >= 4 is 5.82 Å². The fourth-order valence-corrected chi connectivity index (χ4v) is 2.08. The summed E-state index contributed by atoms with van der Waals surface area (Å²) in [6, 6.07) is 0. The van der Waals surface area contributed by atoms with Crippen LogP contribution < -0.4 is 10.1 Å². The summed E-state index contributed by atoms with van der Waals surface area (Å²) in [7, 11) is 0. The van der Waals surface area contributed by atoms with Gasteiger partial charge in [0.25, 0.3) is 0 Å². The molecule has 0 bridgehead atoms. The number of nitrogens with zero attached hydrogens (tertiary/aromatic N) is 2. The molecule has 106 valence electrons. The second kappa shape index (κ2) is 6.73. The minimum atomic E-state index is 0.759. The summed E-state index contributed by atoms with van der Waals surface area (Å²) in [6.07, 6.45) is 5.85. The Morgan fingerprint density at radius 3 is 2.68 bits per heavy atom. The lowest BCUT2D eigenvalue weighted by Gasteiger charge is -2.13. The number of anilines is 1. The standard InChI is InChI=1S/C15H25N3O/c1-4-6-13-17-14(16-5-2)11(3)15(18-13)19-10-9-12-7-8-12/h12H,4-10H2,1-3H3,(H,16,17,18). The van der Waals surface area contributed by atoms with E-state index in [1.807, 2.05) is 6.92 Å². The van der Waals surface area contributed by atoms with Gasteiger partial charge in [0.05, 0.1) is 12.2 Å². The van der Waals surface area contributed by atoms with Crippen molar-refractivity contribution in [2.24, 2.45) is 5.92 Å². The highest BCUT2D eigenvalue weighted by Crippen LogP contribution is 2.32. The van der Waals surface area contributed by atoms with Crippen molar-refractivity contribution in [1.82, 2.24) is 9.97 Å². The van der Waals surface area contributed by atoms with Gasteiger partial charge in [-0.1, -0.05) is 19.8 Å². The van der Waals surface area contributed by atoms with Crippen molar-refractivity contribution in [3.8, 4) is 5.88 Å². The highest BCUT2D eigenvalue weighted by atomic mass is 16.5. The molecule has 1 fully saturated rings. The first kappa shape index (κ1) is 14.1. The van der Waals surface area contributed by atoms with E-state index in [-0.39, 0.29) is 0 Å². The molecule has 4 heteroatoms. The van der Waals surface area contributed by atoms with Crippen molar-refractivity contribution in [3.63, 3.8) is 0 Å². The van der Waals surface area contributed by atoms with Gasteiger partial charge >= 0.3 is 0 Å². The molecule has 0 unspecified atom stereocenters. The van der Waals surface area contributed by atoms with Crippen LogP contribution in [-0.4, -0.2) is 23.1 Å². The van der Waals surface area contributed by atoms with Crippen molar-refractivity contribution < 1.29 is 4.74 Å². The average molecular weight is 263 g/mol. The highest BCUT2D eigenvalue weighted by Gasteiger charge is 2.21. The first-order valence-corrected chi connectivity index (χ1v) is 7.48. The van der Waals surface area contributed by atoms with E-state index in [2.05, 4.69) is 29.1 Å². The number of ether oxygens (including phenoxy) is 1. The molecule has 1 aliphatic rings. The number of hydrogen-bond donors (Lipinski definition) is 1. The van der Waals surface area contributed by atoms with E-state index in [4.69, 9.17) is 4.74 Å². The molecule has 1 saturated carbocycles. The third-order valence-electron chi connectivity index (χ3n) is 3.43. The summed E-state index contributed by atoms with van der Waals surface area (Å²) in [5, 5.41) is 3.30. The van der Waals surface area contributed by atoms with Gasteiger partial charge in [-0.25, -0.2) is 4.98 Å². The number of aromatic nitrogens is 2. The van der Waals surface area contributed by atoms with Crippen molar-refractivity contribution in [1.29, 1.82) is 0 Å². The molecule has 1 N–H and O–H groups in total. The minimum Gasteiger partial charge on any atom is -0.477 e. The lowest BCUT2D eigenvalue weighted by Crippen LogP contribution is -2.10. The van der Waals surface area contributed by atoms with Gasteiger partial charge in [0, 0.05) is 13.0 Å². The monoisotopic (exact) mass is 263 g/mol. The van der Waals surface area contributed by atoms with Gasteiger partial charge in [-0.3, -0.25) is 0 Å². The van der Waals surface area contributed by atoms with E-state index in [1.54, 1.807) is 0 Å². The van der Waals surface area contributed by atoms with Crippen molar-refractivity contribution in [2.75, 3.05) is 18.5 Å². The van der Waals surface area contributed by atoms with Gasteiger partial charge in [-0.05, 0) is 32.6 Å². The summed E-state index contributed by atoms with van der Waals surface area (Å²) < 4.78 is 5.87. The molecule has 1 aromatic rings. The molecule has 0 aromatic carbocycles. The van der Waals surface area contributed by atoms with Crippen molar-refractivity contribution in [3.05, 3.63) is 11.4 Å². The third kappa shape index (κ3) is 4.08. The van der Waals surface area contributed by atoms with Crippen LogP contribution in [0.4, 0.5) is 5.82 Å². The molecule has 19 heavy (non-hydrogen) atoms. The Bertz CT molecular complexity index is 416. The van der Waals surface area contributed by atoms with Crippen LogP contribution in [0, 0.1) is 12.8 Å². The first-order chi connectivity index (χ1) is 9.24. The minimum absolute atomic E-state index is 0.759. The lowest BCUT2D eigenvalue weighted by molar-refractivity contribution is 0.288. The Balaban J connectivity index is 2.07. The molecule has 0 radical (unpaired) electrons. The zero-order valence-electron chi connectivity index (χ0n) is 12.3. The van der Waals surface area contributed by atoms with E-state index in [0.717, 1.165) is 61.4 Å². The number of nitrogens with one attached hydrogen (secondary N) is 1. The van der Waals surface area contributed by atoms with Crippen LogP contribution in [0.25, 0.3) is 0 Å². The molecule has 4 nitrogen and oxygen atoms in total. The molecule has 0 aliphatic heterocycles. The summed E-state index contributed by atoms with van der Waals surface area (Å²) in [5.41, 5.74) is 1.03. The zero-order valence-corrected chi connectivity index (χ0v) is 12.3. The van der Waals surface area contributed by atoms with Gasteiger partial charge in [-0.15, -0.1) is 0 Å². The van der Waals surface area contributed by atoms with Crippen LogP contribution in [0.1, 0.15) is 50.9 Å². The van der Waals surface area contributed by atoms with E-state index >= 15 is 0 Å². The number of hydrogen-bond acceptors (Lipinski definition) is 4. The molecule has 2 rings (SSSR count). The third-order valence-corrected chi connectivity index (χ3v) is 3.43. The molecule has 1 aliphatic carbocycles. The summed E-state index contributed by atoms with van der Waals surface area (Å²) in [4.78, 5) is 9.11. The second-order valence-electron chi connectivity index (χ2n) is 5.28. The first-order valence-electron chi connectivity index (χ1n) is 7.48. The SMILES string of the molecule is CCCc1nc(NCC)c(C)c(OCCC2CC2)n1. The van der Waals surface area contributed by atoms with Gasteiger partial charge in [0.2, 0.25) is 5.88 Å². The summed E-state index contributed by atoms with van der Waals surface area (Å²) in [6.45, 7) is 7.89. The predicted octanol–water partition coefficient (Wildman–Crippen LogP) is 3.35. The van der Waals surface area contributed by atoms with E-state index in [1.165, 1.54) is 12.8 Å². The Kier molecular flexibility index (Phi) is 5.00. The topological polar surface area (TPSA) is 47.0 Å². The Hall–Kier alpha value is -1.32. The fraction of sp³-hybridized carbons (Fsp3) is 0.733. The maximum Gasteiger partial charge on any atom is 0.221 e. The Labute approximate surface area is 116 Å². The van der Waals surface area contributed by atoms with Crippen molar-refractivity contribution in [2.45, 2.75) is 52.9 Å². The molecule has 0 spiro atoms. The van der Waals surface area contributed by atoms with Gasteiger partial charge < -0.3 is 10.1 Å². The second-order valence-corrected chi connectivity index (χ2v) is 5.28. The van der Waals surface area contributed by atoms with Gasteiger partial charge in [0.15, 0.2) is 0 Å². The average Bonchev–Trinajstić information content (AvgIpc) is 3.19. The molecule has 1 aromatic heterocycles. The maximum atomic E-state index is 5.87. The molecule has 0 atom stereocenters. The number of rotatable bonds is 8. The molecule has 0 amide bonds.